The smallest absolute Gasteiger partial charge is 0.262 e. The highest BCUT2D eigenvalue weighted by atomic mass is 19.1. The molecule has 38 heavy (non-hydrogen) atoms. The zero-order valence-electron chi connectivity index (χ0n) is 21.8. The Morgan fingerprint density at radius 1 is 0.974 bits per heavy atom. The molecule has 3 aromatic rings. The first-order chi connectivity index (χ1) is 18.5. The first-order valence-electron chi connectivity index (χ1n) is 14.1. The van der Waals surface area contributed by atoms with Crippen LogP contribution in [0.2, 0.25) is 0 Å². The predicted octanol–water partition coefficient (Wildman–Crippen LogP) is 6.43. The van der Waals surface area contributed by atoms with Gasteiger partial charge in [-0.2, -0.15) is 0 Å². The van der Waals surface area contributed by atoms with Crippen molar-refractivity contribution < 1.29 is 18.3 Å². The monoisotopic (exact) mass is 522 g/mol. The molecule has 0 amide bonds. The van der Waals surface area contributed by atoms with Crippen LogP contribution in [0.25, 0.3) is 16.5 Å². The van der Waals surface area contributed by atoms with Gasteiger partial charge in [-0.05, 0) is 105 Å². The normalized spacial score (nSPS) is 25.8. The summed E-state index contributed by atoms with van der Waals surface area (Å²) < 4.78 is 41.8. The summed E-state index contributed by atoms with van der Waals surface area (Å²) in [6.07, 6.45) is 8.76. The molecule has 1 aliphatic carbocycles. The van der Waals surface area contributed by atoms with Gasteiger partial charge in [-0.15, -0.1) is 0 Å². The third-order valence-corrected chi connectivity index (χ3v) is 8.61. The molecule has 1 saturated carbocycles. The van der Waals surface area contributed by atoms with E-state index < -0.39 is 6.17 Å². The minimum Gasteiger partial charge on any atom is -0.491 e. The maximum atomic E-state index is 15.3. The highest BCUT2D eigenvalue weighted by Crippen LogP contribution is 2.35. The summed E-state index contributed by atoms with van der Waals surface area (Å²) in [5.41, 5.74) is 0.908. The molecule has 3 heterocycles. The highest BCUT2D eigenvalue weighted by Gasteiger charge is 2.29. The molecule has 0 N–H and O–H groups in total. The Bertz CT molecular complexity index is 1330. The van der Waals surface area contributed by atoms with Crippen LogP contribution in [-0.4, -0.2) is 43.1 Å². The molecule has 5 nitrogen and oxygen atoms in total. The lowest BCUT2D eigenvalue weighted by Crippen LogP contribution is -2.23. The molecule has 2 atom stereocenters. The van der Waals surface area contributed by atoms with Crippen LogP contribution in [0, 0.1) is 17.7 Å². The van der Waals surface area contributed by atoms with Crippen LogP contribution in [-0.2, 0) is 4.74 Å². The maximum Gasteiger partial charge on any atom is 0.262 e. The molecular formula is C31H36F2N2O3. The molecule has 3 fully saturated rings. The van der Waals surface area contributed by atoms with Gasteiger partial charge in [0.25, 0.3) is 5.56 Å². The molecule has 202 valence electrons. The second-order valence-electron chi connectivity index (χ2n) is 11.3. The Labute approximate surface area is 222 Å². The summed E-state index contributed by atoms with van der Waals surface area (Å²) in [6.45, 7) is 2.95. The van der Waals surface area contributed by atoms with Crippen molar-refractivity contribution >= 4 is 16.5 Å². The molecule has 1 aromatic heterocycles. The van der Waals surface area contributed by atoms with Crippen LogP contribution in [0.4, 0.5) is 14.5 Å². The van der Waals surface area contributed by atoms with E-state index >= 15 is 4.39 Å². The van der Waals surface area contributed by atoms with Crippen molar-refractivity contribution in [1.29, 1.82) is 0 Å². The third-order valence-electron chi connectivity index (χ3n) is 8.61. The summed E-state index contributed by atoms with van der Waals surface area (Å²) in [7, 11) is 0. The van der Waals surface area contributed by atoms with Gasteiger partial charge in [0, 0.05) is 37.3 Å². The average Bonchev–Trinajstić information content (AvgIpc) is 3.61. The second-order valence-corrected chi connectivity index (χ2v) is 11.3. The fourth-order valence-electron chi connectivity index (χ4n) is 6.46. The zero-order chi connectivity index (χ0) is 26.1. The van der Waals surface area contributed by atoms with Gasteiger partial charge in [0.2, 0.25) is 0 Å². The number of benzene rings is 2. The van der Waals surface area contributed by atoms with Gasteiger partial charge in [-0.3, -0.25) is 9.36 Å². The third kappa shape index (κ3) is 5.44. The first kappa shape index (κ1) is 25.4. The van der Waals surface area contributed by atoms with Crippen molar-refractivity contribution in [2.75, 3.05) is 31.2 Å². The summed E-state index contributed by atoms with van der Waals surface area (Å²) in [5, 5.41) is 1.35. The number of halogens is 2. The average molecular weight is 523 g/mol. The first-order valence-corrected chi connectivity index (χ1v) is 14.1. The molecular weight excluding hydrogens is 486 g/mol. The molecule has 2 aromatic carbocycles. The van der Waals surface area contributed by atoms with Crippen LogP contribution in [0.1, 0.15) is 51.4 Å². The number of alkyl halides is 1. The van der Waals surface area contributed by atoms with E-state index in [4.69, 9.17) is 9.47 Å². The van der Waals surface area contributed by atoms with Gasteiger partial charge < -0.3 is 14.4 Å². The maximum absolute atomic E-state index is 15.3. The lowest BCUT2D eigenvalue weighted by Gasteiger charge is -2.26. The van der Waals surface area contributed by atoms with Gasteiger partial charge in [0.1, 0.15) is 24.3 Å². The number of pyridine rings is 1. The largest absolute Gasteiger partial charge is 0.491 e. The number of fused-ring (bicyclic) bond motifs is 1. The highest BCUT2D eigenvalue weighted by molar-refractivity contribution is 5.83. The minimum absolute atomic E-state index is 0.130. The summed E-state index contributed by atoms with van der Waals surface area (Å²) in [5.74, 6) is 1.52. The fraction of sp³-hybridized carbons (Fsp3) is 0.516. The molecule has 3 aliphatic rings. The van der Waals surface area contributed by atoms with E-state index in [0.717, 1.165) is 63.6 Å². The number of hydrogen-bond acceptors (Lipinski definition) is 4. The summed E-state index contributed by atoms with van der Waals surface area (Å²) in [6, 6.07) is 12.4. The van der Waals surface area contributed by atoms with E-state index in [1.807, 2.05) is 18.2 Å². The van der Waals surface area contributed by atoms with Crippen LogP contribution < -0.4 is 15.2 Å². The van der Waals surface area contributed by atoms with Crippen LogP contribution in [0.15, 0.2) is 53.5 Å². The van der Waals surface area contributed by atoms with Crippen molar-refractivity contribution in [3.8, 4) is 11.4 Å². The zero-order valence-corrected chi connectivity index (χ0v) is 21.8. The van der Waals surface area contributed by atoms with Gasteiger partial charge in [0.05, 0.1) is 17.5 Å². The van der Waals surface area contributed by atoms with Gasteiger partial charge >= 0.3 is 0 Å². The predicted molar refractivity (Wildman–Crippen MR) is 146 cm³/mol. The quantitative estimate of drug-likeness (QED) is 0.359. The number of rotatable bonds is 7. The molecule has 2 aliphatic heterocycles. The lowest BCUT2D eigenvalue weighted by molar-refractivity contribution is 0.0680. The van der Waals surface area contributed by atoms with Crippen molar-refractivity contribution in [3.05, 3.63) is 64.8 Å². The fourth-order valence-corrected chi connectivity index (χ4v) is 6.46. The van der Waals surface area contributed by atoms with E-state index in [1.165, 1.54) is 10.6 Å². The number of aromatic nitrogens is 1. The topological polar surface area (TPSA) is 43.7 Å². The molecule has 2 saturated heterocycles. The Kier molecular flexibility index (Phi) is 7.37. The Hall–Kier alpha value is -2.93. The van der Waals surface area contributed by atoms with Crippen molar-refractivity contribution in [2.24, 2.45) is 11.8 Å². The number of ether oxygens (including phenoxy) is 2. The minimum atomic E-state index is -0.623. The van der Waals surface area contributed by atoms with E-state index in [9.17, 15) is 9.18 Å². The Balaban J connectivity index is 1.13. The Morgan fingerprint density at radius 3 is 2.63 bits per heavy atom. The lowest BCUT2D eigenvalue weighted by atomic mass is 9.82. The number of nitrogens with zero attached hydrogens (tertiary/aromatic N) is 2. The molecule has 0 radical (unpaired) electrons. The number of hydrogen-bond donors (Lipinski definition) is 0. The van der Waals surface area contributed by atoms with E-state index in [0.29, 0.717) is 53.8 Å². The van der Waals surface area contributed by atoms with E-state index in [1.54, 1.807) is 24.4 Å². The van der Waals surface area contributed by atoms with Crippen LogP contribution >= 0.6 is 0 Å². The Morgan fingerprint density at radius 2 is 1.84 bits per heavy atom. The standard InChI is InChI=1S/C31H36F2N2O3/c32-24-5-3-21(4-6-24)16-22-11-13-34(19-22)30-10-7-25(18-29(30)33)35-14-12-23-17-26(8-9-28(23)31(35)36)38-20-27-2-1-15-37-27/h7-10,12,14,17-18,21-22,24,27H,1-6,11,13,15-16,19-20H2/t21?,22?,24?,27-/m1/s1. The summed E-state index contributed by atoms with van der Waals surface area (Å²) in [4.78, 5) is 15.4. The van der Waals surface area contributed by atoms with E-state index in [2.05, 4.69) is 4.90 Å². The molecule has 0 bridgehead atoms. The van der Waals surface area contributed by atoms with E-state index in [-0.39, 0.29) is 17.5 Å². The van der Waals surface area contributed by atoms with Crippen molar-refractivity contribution in [1.82, 2.24) is 4.57 Å². The van der Waals surface area contributed by atoms with Crippen LogP contribution in [0.3, 0.4) is 0 Å². The van der Waals surface area contributed by atoms with Gasteiger partial charge in [-0.1, -0.05) is 0 Å². The number of anilines is 1. The molecule has 7 heteroatoms. The van der Waals surface area contributed by atoms with Gasteiger partial charge in [-0.25, -0.2) is 8.78 Å². The van der Waals surface area contributed by atoms with Crippen LogP contribution in [0.5, 0.6) is 5.75 Å². The molecule has 1 unspecified atom stereocenters. The SMILES string of the molecule is O=c1c2ccc(OC[C@H]3CCCO3)cc2ccn1-c1ccc(N2CCC(CC3CCC(F)CC3)C2)c(F)c1. The van der Waals surface area contributed by atoms with Gasteiger partial charge in [0.15, 0.2) is 0 Å². The second kappa shape index (κ2) is 11.0. The molecule has 0 spiro atoms. The van der Waals surface area contributed by atoms with Crippen molar-refractivity contribution in [3.63, 3.8) is 0 Å². The summed E-state index contributed by atoms with van der Waals surface area (Å²) >= 11 is 0. The molecule has 6 rings (SSSR count). The van der Waals surface area contributed by atoms with Crippen molar-refractivity contribution in [2.45, 2.75) is 63.6 Å².